The summed E-state index contributed by atoms with van der Waals surface area (Å²) in [6.07, 6.45) is -3.44. The minimum absolute atomic E-state index is 0.0477. The lowest BCUT2D eigenvalue weighted by atomic mass is 10.1. The molecule has 2 heterocycles. The second-order valence-electron chi connectivity index (χ2n) is 6.46. The summed E-state index contributed by atoms with van der Waals surface area (Å²) >= 11 is 1.24. The Balaban J connectivity index is 1.81. The van der Waals surface area contributed by atoms with Gasteiger partial charge in [-0.2, -0.15) is 13.2 Å². The Labute approximate surface area is 154 Å². The van der Waals surface area contributed by atoms with Crippen LogP contribution in [-0.2, 0) is 6.18 Å². The zero-order valence-corrected chi connectivity index (χ0v) is 15.5. The van der Waals surface area contributed by atoms with Crippen molar-refractivity contribution in [2.45, 2.75) is 19.5 Å². The van der Waals surface area contributed by atoms with Crippen LogP contribution in [0, 0.1) is 6.92 Å². The van der Waals surface area contributed by atoms with Crippen LogP contribution in [0.5, 0.6) is 0 Å². The number of carbonyl (C=O) groups excluding carboxylic acids is 1. The number of thiazole rings is 1. The average molecular weight is 383 g/mol. The molecule has 26 heavy (non-hydrogen) atoms. The van der Waals surface area contributed by atoms with Crippen LogP contribution in [0.25, 0.3) is 10.6 Å². The summed E-state index contributed by atoms with van der Waals surface area (Å²) in [6, 6.07) is 4.88. The molecule has 1 aromatic heterocycles. The Bertz CT molecular complexity index is 786. The molecule has 1 amide bonds. The maximum absolute atomic E-state index is 12.8. The normalized spacial score (nSPS) is 16.6. The summed E-state index contributed by atoms with van der Waals surface area (Å²) in [6.45, 7) is 4.93. The highest BCUT2D eigenvalue weighted by atomic mass is 32.1. The molecule has 1 saturated heterocycles. The van der Waals surface area contributed by atoms with Crippen LogP contribution in [-0.4, -0.2) is 53.9 Å². The number of amides is 1. The van der Waals surface area contributed by atoms with Gasteiger partial charge < -0.3 is 9.80 Å². The van der Waals surface area contributed by atoms with E-state index in [-0.39, 0.29) is 5.91 Å². The first kappa shape index (κ1) is 18.8. The quantitative estimate of drug-likeness (QED) is 0.789. The highest BCUT2D eigenvalue weighted by molar-refractivity contribution is 7.17. The minimum Gasteiger partial charge on any atom is -0.337 e. The van der Waals surface area contributed by atoms with Crippen molar-refractivity contribution in [3.8, 4) is 10.6 Å². The molecule has 3 rings (SSSR count). The molecule has 1 aliphatic rings. The third-order valence-corrected chi connectivity index (χ3v) is 5.65. The first-order valence-electron chi connectivity index (χ1n) is 8.38. The van der Waals surface area contributed by atoms with Gasteiger partial charge in [-0.3, -0.25) is 4.79 Å². The van der Waals surface area contributed by atoms with Crippen LogP contribution in [0.2, 0.25) is 0 Å². The highest BCUT2D eigenvalue weighted by Gasteiger charge is 2.30. The first-order valence-corrected chi connectivity index (χ1v) is 9.20. The van der Waals surface area contributed by atoms with Gasteiger partial charge in [-0.1, -0.05) is 12.1 Å². The van der Waals surface area contributed by atoms with E-state index >= 15 is 0 Å². The summed E-state index contributed by atoms with van der Waals surface area (Å²) in [5.41, 5.74) is 0.507. The van der Waals surface area contributed by atoms with E-state index in [9.17, 15) is 18.0 Å². The predicted molar refractivity (Wildman–Crippen MR) is 95.3 cm³/mol. The van der Waals surface area contributed by atoms with Crippen LogP contribution in [0.15, 0.2) is 24.3 Å². The van der Waals surface area contributed by atoms with Crippen molar-refractivity contribution in [2.75, 3.05) is 33.2 Å². The molecule has 2 aromatic rings. The summed E-state index contributed by atoms with van der Waals surface area (Å²) in [4.78, 5) is 21.8. The van der Waals surface area contributed by atoms with E-state index in [2.05, 4.69) is 9.88 Å². The van der Waals surface area contributed by atoms with Gasteiger partial charge in [0.2, 0.25) is 0 Å². The van der Waals surface area contributed by atoms with Gasteiger partial charge in [-0.15, -0.1) is 11.3 Å². The molecule has 0 N–H and O–H groups in total. The number of benzene rings is 1. The zero-order chi connectivity index (χ0) is 18.9. The lowest BCUT2D eigenvalue weighted by Crippen LogP contribution is -2.34. The van der Waals surface area contributed by atoms with Crippen molar-refractivity contribution in [1.82, 2.24) is 14.8 Å². The summed E-state index contributed by atoms with van der Waals surface area (Å²) in [7, 11) is 2.04. The molecule has 0 radical (unpaired) electrons. The molecule has 140 valence electrons. The number of aryl methyl sites for hydroxylation is 1. The fourth-order valence-corrected chi connectivity index (χ4v) is 3.95. The molecule has 0 unspecified atom stereocenters. The van der Waals surface area contributed by atoms with Crippen molar-refractivity contribution in [1.29, 1.82) is 0 Å². The van der Waals surface area contributed by atoms with Crippen molar-refractivity contribution < 1.29 is 18.0 Å². The van der Waals surface area contributed by atoms with E-state index in [1.54, 1.807) is 6.92 Å². The topological polar surface area (TPSA) is 36.4 Å². The Hall–Kier alpha value is -1.93. The third-order valence-electron chi connectivity index (χ3n) is 4.46. The number of hydrogen-bond acceptors (Lipinski definition) is 4. The largest absolute Gasteiger partial charge is 0.416 e. The SMILES string of the molecule is Cc1nc(-c2ccc(C(F)(F)F)cc2)sc1C(=O)N1CCCN(C)CC1. The second-order valence-corrected chi connectivity index (χ2v) is 7.46. The Kier molecular flexibility index (Phi) is 5.34. The molecule has 0 bridgehead atoms. The Morgan fingerprint density at radius 1 is 1.12 bits per heavy atom. The average Bonchev–Trinajstić information content (AvgIpc) is 2.84. The third kappa shape index (κ3) is 4.07. The molecule has 4 nitrogen and oxygen atoms in total. The lowest BCUT2D eigenvalue weighted by molar-refractivity contribution is -0.137. The Morgan fingerprint density at radius 3 is 2.46 bits per heavy atom. The molecule has 0 aliphatic carbocycles. The van der Waals surface area contributed by atoms with Crippen LogP contribution in [0.4, 0.5) is 13.2 Å². The maximum atomic E-state index is 12.8. The van der Waals surface area contributed by atoms with Gasteiger partial charge in [0.25, 0.3) is 5.91 Å². The van der Waals surface area contributed by atoms with Crippen molar-refractivity contribution >= 4 is 17.2 Å². The number of aromatic nitrogens is 1. The zero-order valence-electron chi connectivity index (χ0n) is 14.6. The summed E-state index contributed by atoms with van der Waals surface area (Å²) < 4.78 is 38.1. The van der Waals surface area contributed by atoms with E-state index in [0.717, 1.165) is 31.6 Å². The number of carbonyl (C=O) groups is 1. The number of hydrogen-bond donors (Lipinski definition) is 0. The minimum atomic E-state index is -4.36. The molecular weight excluding hydrogens is 363 g/mol. The molecule has 1 fully saturated rings. The van der Waals surface area contributed by atoms with Crippen molar-refractivity contribution in [3.05, 3.63) is 40.4 Å². The number of alkyl halides is 3. The number of rotatable bonds is 2. The molecule has 1 aromatic carbocycles. The fraction of sp³-hybridized carbons (Fsp3) is 0.444. The lowest BCUT2D eigenvalue weighted by Gasteiger charge is -2.19. The molecule has 0 spiro atoms. The predicted octanol–water partition coefficient (Wildman–Crippen LogP) is 3.92. The highest BCUT2D eigenvalue weighted by Crippen LogP contribution is 2.33. The number of likely N-dealkylation sites (N-methyl/N-ethyl adjacent to an activating group) is 1. The molecule has 8 heteroatoms. The van der Waals surface area contributed by atoms with Crippen LogP contribution >= 0.6 is 11.3 Å². The molecule has 0 saturated carbocycles. The van der Waals surface area contributed by atoms with Gasteiger partial charge in [0, 0.05) is 25.2 Å². The smallest absolute Gasteiger partial charge is 0.337 e. The van der Waals surface area contributed by atoms with Gasteiger partial charge in [-0.25, -0.2) is 4.98 Å². The molecule has 0 atom stereocenters. The van der Waals surface area contributed by atoms with Gasteiger partial charge in [-0.05, 0) is 39.1 Å². The maximum Gasteiger partial charge on any atom is 0.416 e. The fourth-order valence-electron chi connectivity index (χ4n) is 2.91. The first-order chi connectivity index (χ1) is 12.3. The van der Waals surface area contributed by atoms with Crippen molar-refractivity contribution in [3.63, 3.8) is 0 Å². The van der Waals surface area contributed by atoms with Crippen molar-refractivity contribution in [2.24, 2.45) is 0 Å². The van der Waals surface area contributed by atoms with E-state index in [1.807, 2.05) is 11.9 Å². The van der Waals surface area contributed by atoms with Crippen LogP contribution in [0.1, 0.15) is 27.3 Å². The Morgan fingerprint density at radius 2 is 1.81 bits per heavy atom. The van der Waals surface area contributed by atoms with Gasteiger partial charge in [0.1, 0.15) is 9.88 Å². The number of halogens is 3. The van der Waals surface area contributed by atoms with Gasteiger partial charge in [0.05, 0.1) is 11.3 Å². The van der Waals surface area contributed by atoms with E-state index < -0.39 is 11.7 Å². The van der Waals surface area contributed by atoms with Crippen LogP contribution in [0.3, 0.4) is 0 Å². The number of nitrogens with zero attached hydrogens (tertiary/aromatic N) is 3. The van der Waals surface area contributed by atoms with Crippen LogP contribution < -0.4 is 0 Å². The molecular formula is C18H20F3N3OS. The van der Waals surface area contributed by atoms with E-state index in [0.29, 0.717) is 34.2 Å². The van der Waals surface area contributed by atoms with E-state index in [1.165, 1.54) is 23.5 Å². The van der Waals surface area contributed by atoms with E-state index in [4.69, 9.17) is 0 Å². The monoisotopic (exact) mass is 383 g/mol. The molecule has 1 aliphatic heterocycles. The second kappa shape index (κ2) is 7.36. The standard InChI is InChI=1S/C18H20F3N3OS/c1-12-15(17(25)24-9-3-8-23(2)10-11-24)26-16(22-12)13-4-6-14(7-5-13)18(19,20)21/h4-7H,3,8-11H2,1-2H3. The van der Waals surface area contributed by atoms with Gasteiger partial charge in [0.15, 0.2) is 0 Å². The summed E-state index contributed by atoms with van der Waals surface area (Å²) in [5.74, 6) is -0.0477. The summed E-state index contributed by atoms with van der Waals surface area (Å²) in [5, 5.41) is 0.562. The van der Waals surface area contributed by atoms with Gasteiger partial charge >= 0.3 is 6.18 Å².